The Hall–Kier alpha value is -2.64. The van der Waals surface area contributed by atoms with Crippen molar-refractivity contribution in [1.82, 2.24) is 14.7 Å². The van der Waals surface area contributed by atoms with Crippen molar-refractivity contribution in [2.45, 2.75) is 6.92 Å². The Labute approximate surface area is 153 Å². The van der Waals surface area contributed by atoms with E-state index in [4.69, 9.17) is 4.42 Å². The number of fused-ring (bicyclic) bond motifs is 2. The standard InChI is InChI=1S/C19H18N4O2S/c1-12-10-23-11-16(21-19(23)26-12)15-8-13-2-3-14(9-17(13)25-18(15)24)22-6-4-20-5-7-22/h2-3,8-11,20H,4-7H2,1H3. The van der Waals surface area contributed by atoms with Crippen LogP contribution in [0.1, 0.15) is 4.88 Å². The highest BCUT2D eigenvalue weighted by atomic mass is 32.1. The van der Waals surface area contributed by atoms with Gasteiger partial charge in [-0.1, -0.05) is 0 Å². The third kappa shape index (κ3) is 2.60. The fourth-order valence-electron chi connectivity index (χ4n) is 3.44. The number of anilines is 1. The number of nitrogens with zero attached hydrogens (tertiary/aromatic N) is 3. The highest BCUT2D eigenvalue weighted by molar-refractivity contribution is 7.17. The van der Waals surface area contributed by atoms with Crippen molar-refractivity contribution in [1.29, 1.82) is 0 Å². The summed E-state index contributed by atoms with van der Waals surface area (Å²) in [5, 5.41) is 4.25. The summed E-state index contributed by atoms with van der Waals surface area (Å²) in [6, 6.07) is 7.94. The van der Waals surface area contributed by atoms with Gasteiger partial charge >= 0.3 is 5.63 Å². The number of hydrogen-bond acceptors (Lipinski definition) is 6. The maximum absolute atomic E-state index is 12.6. The zero-order chi connectivity index (χ0) is 17.7. The Morgan fingerprint density at radius 2 is 2.04 bits per heavy atom. The number of nitrogens with one attached hydrogen (secondary N) is 1. The molecule has 1 saturated heterocycles. The zero-order valence-electron chi connectivity index (χ0n) is 14.4. The molecule has 0 unspecified atom stereocenters. The second kappa shape index (κ2) is 5.96. The third-order valence-corrected chi connectivity index (χ3v) is 5.66. The van der Waals surface area contributed by atoms with E-state index in [1.54, 1.807) is 11.3 Å². The van der Waals surface area contributed by atoms with Crippen LogP contribution in [0.4, 0.5) is 5.69 Å². The molecule has 0 bridgehead atoms. The molecule has 4 aromatic rings. The van der Waals surface area contributed by atoms with Crippen LogP contribution in [0.2, 0.25) is 0 Å². The normalized spacial score (nSPS) is 15.2. The van der Waals surface area contributed by atoms with Crippen molar-refractivity contribution < 1.29 is 4.42 Å². The number of imidazole rings is 1. The van der Waals surface area contributed by atoms with Crippen LogP contribution in [0.15, 0.2) is 45.9 Å². The van der Waals surface area contributed by atoms with E-state index in [-0.39, 0.29) is 5.63 Å². The molecule has 1 fully saturated rings. The minimum atomic E-state index is -0.350. The molecule has 0 saturated carbocycles. The van der Waals surface area contributed by atoms with Crippen LogP contribution in [0.25, 0.3) is 27.2 Å². The summed E-state index contributed by atoms with van der Waals surface area (Å²) in [5.74, 6) is 0. The first-order chi connectivity index (χ1) is 12.7. The fraction of sp³-hybridized carbons (Fsp3) is 0.263. The summed E-state index contributed by atoms with van der Waals surface area (Å²) in [6.45, 7) is 5.90. The number of thiazole rings is 1. The molecule has 0 amide bonds. The minimum absolute atomic E-state index is 0.350. The topological polar surface area (TPSA) is 62.8 Å². The van der Waals surface area contributed by atoms with E-state index in [0.29, 0.717) is 16.8 Å². The van der Waals surface area contributed by atoms with E-state index in [0.717, 1.165) is 42.2 Å². The molecule has 7 heteroatoms. The molecule has 5 rings (SSSR count). The Morgan fingerprint density at radius 1 is 1.19 bits per heavy atom. The number of piperazine rings is 1. The largest absolute Gasteiger partial charge is 0.422 e. The molecule has 132 valence electrons. The van der Waals surface area contributed by atoms with Crippen LogP contribution in [0.5, 0.6) is 0 Å². The van der Waals surface area contributed by atoms with Crippen molar-refractivity contribution in [2.24, 2.45) is 0 Å². The van der Waals surface area contributed by atoms with Crippen LogP contribution >= 0.6 is 11.3 Å². The predicted octanol–water partition coefficient (Wildman–Crippen LogP) is 2.89. The van der Waals surface area contributed by atoms with Gasteiger partial charge in [0.2, 0.25) is 0 Å². The van der Waals surface area contributed by atoms with Crippen molar-refractivity contribution in [2.75, 3.05) is 31.1 Å². The molecule has 0 radical (unpaired) electrons. The molecular weight excluding hydrogens is 348 g/mol. The lowest BCUT2D eigenvalue weighted by Gasteiger charge is -2.29. The third-order valence-electron chi connectivity index (χ3n) is 4.75. The van der Waals surface area contributed by atoms with E-state index in [9.17, 15) is 4.79 Å². The first kappa shape index (κ1) is 15.6. The summed E-state index contributed by atoms with van der Waals surface area (Å²) >= 11 is 1.60. The molecule has 1 aromatic carbocycles. The average Bonchev–Trinajstić information content (AvgIpc) is 3.18. The Bertz CT molecular complexity index is 1140. The van der Waals surface area contributed by atoms with Gasteiger partial charge in [-0.2, -0.15) is 0 Å². The van der Waals surface area contributed by atoms with Gasteiger partial charge in [0.05, 0.1) is 11.3 Å². The predicted molar refractivity (Wildman–Crippen MR) is 104 cm³/mol. The molecule has 0 spiro atoms. The first-order valence-electron chi connectivity index (χ1n) is 8.66. The lowest BCUT2D eigenvalue weighted by atomic mass is 10.1. The quantitative estimate of drug-likeness (QED) is 0.553. The molecule has 4 heterocycles. The maximum atomic E-state index is 12.6. The van der Waals surface area contributed by atoms with E-state index in [1.165, 1.54) is 4.88 Å². The minimum Gasteiger partial charge on any atom is -0.422 e. The number of benzene rings is 1. The van der Waals surface area contributed by atoms with Crippen LogP contribution in [-0.2, 0) is 0 Å². The van der Waals surface area contributed by atoms with Crippen molar-refractivity contribution >= 4 is 33.0 Å². The smallest absolute Gasteiger partial charge is 0.345 e. The molecule has 1 N–H and O–H groups in total. The van der Waals surface area contributed by atoms with E-state index < -0.39 is 0 Å². The number of aromatic nitrogens is 2. The molecule has 26 heavy (non-hydrogen) atoms. The first-order valence-corrected chi connectivity index (χ1v) is 9.48. The van der Waals surface area contributed by atoms with Gasteiger partial charge in [-0.05, 0) is 25.1 Å². The molecule has 1 aliphatic rings. The van der Waals surface area contributed by atoms with Crippen LogP contribution in [-0.4, -0.2) is 35.6 Å². The Kier molecular flexibility index (Phi) is 3.58. The summed E-state index contributed by atoms with van der Waals surface area (Å²) in [5.41, 5.74) is 2.51. The Morgan fingerprint density at radius 3 is 2.85 bits per heavy atom. The van der Waals surface area contributed by atoms with E-state index in [1.807, 2.05) is 41.9 Å². The molecule has 3 aromatic heterocycles. The van der Waals surface area contributed by atoms with Crippen molar-refractivity contribution in [3.8, 4) is 11.3 Å². The summed E-state index contributed by atoms with van der Waals surface area (Å²) < 4.78 is 7.58. The zero-order valence-corrected chi connectivity index (χ0v) is 15.2. The van der Waals surface area contributed by atoms with Gasteiger partial charge in [-0.25, -0.2) is 9.78 Å². The van der Waals surface area contributed by atoms with Gasteiger partial charge in [0.25, 0.3) is 0 Å². The van der Waals surface area contributed by atoms with E-state index in [2.05, 4.69) is 21.3 Å². The lowest BCUT2D eigenvalue weighted by molar-refractivity contribution is 0.561. The number of hydrogen-bond donors (Lipinski definition) is 1. The molecule has 0 atom stereocenters. The molecule has 6 nitrogen and oxygen atoms in total. The fourth-order valence-corrected chi connectivity index (χ4v) is 4.25. The highest BCUT2D eigenvalue weighted by Gasteiger charge is 2.15. The van der Waals surface area contributed by atoms with Gasteiger partial charge in [-0.3, -0.25) is 4.40 Å². The Balaban J connectivity index is 1.57. The maximum Gasteiger partial charge on any atom is 0.345 e. The SMILES string of the molecule is Cc1cn2cc(-c3cc4ccc(N5CCNCC5)cc4oc3=O)nc2s1. The van der Waals surface area contributed by atoms with Crippen LogP contribution < -0.4 is 15.8 Å². The second-order valence-corrected chi connectivity index (χ2v) is 7.78. The van der Waals surface area contributed by atoms with Gasteiger partial charge in [0.1, 0.15) is 5.58 Å². The summed E-state index contributed by atoms with van der Waals surface area (Å²) in [7, 11) is 0. The number of aryl methyl sites for hydroxylation is 1. The van der Waals surface area contributed by atoms with Crippen molar-refractivity contribution in [3.05, 3.63) is 52.0 Å². The van der Waals surface area contributed by atoms with Crippen molar-refractivity contribution in [3.63, 3.8) is 0 Å². The van der Waals surface area contributed by atoms with Crippen LogP contribution in [0.3, 0.4) is 0 Å². The summed E-state index contributed by atoms with van der Waals surface area (Å²) in [4.78, 5) is 21.5. The molecular formula is C19H18N4O2S. The van der Waals surface area contributed by atoms with E-state index >= 15 is 0 Å². The van der Waals surface area contributed by atoms with Gasteiger partial charge in [0, 0.05) is 60.6 Å². The molecule has 0 aliphatic carbocycles. The second-order valence-electron chi connectivity index (χ2n) is 6.56. The molecule has 1 aliphatic heterocycles. The monoisotopic (exact) mass is 366 g/mol. The van der Waals surface area contributed by atoms with Gasteiger partial charge in [0.15, 0.2) is 4.96 Å². The van der Waals surface area contributed by atoms with Gasteiger partial charge < -0.3 is 14.6 Å². The summed E-state index contributed by atoms with van der Waals surface area (Å²) in [6.07, 6.45) is 3.89. The highest BCUT2D eigenvalue weighted by Crippen LogP contribution is 2.26. The van der Waals surface area contributed by atoms with Crippen LogP contribution in [0, 0.1) is 6.92 Å². The lowest BCUT2D eigenvalue weighted by Crippen LogP contribution is -2.43. The van der Waals surface area contributed by atoms with Gasteiger partial charge in [-0.15, -0.1) is 11.3 Å². The number of rotatable bonds is 2. The average molecular weight is 366 g/mol.